The molecular formula is C14H11ClN2O4. The predicted octanol–water partition coefficient (Wildman–Crippen LogP) is 3.11. The molecule has 1 N–H and O–H groups in total. The van der Waals surface area contributed by atoms with E-state index in [-0.39, 0.29) is 22.9 Å². The second kappa shape index (κ2) is 6.83. The van der Waals surface area contributed by atoms with Gasteiger partial charge in [-0.05, 0) is 11.6 Å². The van der Waals surface area contributed by atoms with Crippen LogP contribution in [-0.4, -0.2) is 10.8 Å². The minimum atomic E-state index is -0.639. The van der Waals surface area contributed by atoms with E-state index in [0.717, 1.165) is 11.6 Å². The number of hydroxylamine groups is 1. The third kappa shape index (κ3) is 4.01. The highest BCUT2D eigenvalue weighted by Gasteiger charge is 2.15. The highest BCUT2D eigenvalue weighted by molar-refractivity contribution is 6.33. The number of non-ortho nitro benzene ring substituents is 1. The van der Waals surface area contributed by atoms with Gasteiger partial charge in [0.25, 0.3) is 11.6 Å². The number of benzene rings is 2. The molecule has 0 aromatic heterocycles. The van der Waals surface area contributed by atoms with Crippen molar-refractivity contribution in [3.05, 3.63) is 74.8 Å². The minimum absolute atomic E-state index is 0.0149. The van der Waals surface area contributed by atoms with Crippen LogP contribution < -0.4 is 5.48 Å². The Morgan fingerprint density at radius 1 is 1.24 bits per heavy atom. The molecule has 0 fully saturated rings. The van der Waals surface area contributed by atoms with Crippen molar-refractivity contribution in [2.75, 3.05) is 0 Å². The molecule has 108 valence electrons. The van der Waals surface area contributed by atoms with Crippen LogP contribution in [0.2, 0.25) is 5.02 Å². The fraction of sp³-hybridized carbons (Fsp3) is 0.0714. The van der Waals surface area contributed by atoms with Crippen molar-refractivity contribution in [1.29, 1.82) is 0 Å². The fourth-order valence-electron chi connectivity index (χ4n) is 1.62. The van der Waals surface area contributed by atoms with Crippen molar-refractivity contribution in [2.24, 2.45) is 0 Å². The monoisotopic (exact) mass is 306 g/mol. The number of amides is 1. The van der Waals surface area contributed by atoms with Gasteiger partial charge in [0.1, 0.15) is 0 Å². The van der Waals surface area contributed by atoms with E-state index in [1.165, 1.54) is 12.1 Å². The summed E-state index contributed by atoms with van der Waals surface area (Å²) in [6, 6.07) is 12.9. The van der Waals surface area contributed by atoms with E-state index < -0.39 is 10.8 Å². The SMILES string of the molecule is O=C(NOCc1ccccc1)c1cc([N+](=O)[O-])ccc1Cl. The predicted molar refractivity (Wildman–Crippen MR) is 76.8 cm³/mol. The Labute approximate surface area is 125 Å². The Morgan fingerprint density at radius 2 is 1.95 bits per heavy atom. The Balaban J connectivity index is 2.00. The van der Waals surface area contributed by atoms with Gasteiger partial charge in [0.15, 0.2) is 0 Å². The van der Waals surface area contributed by atoms with E-state index in [1.54, 1.807) is 0 Å². The summed E-state index contributed by atoms with van der Waals surface area (Å²) >= 11 is 5.85. The highest BCUT2D eigenvalue weighted by atomic mass is 35.5. The van der Waals surface area contributed by atoms with Crippen molar-refractivity contribution >= 4 is 23.2 Å². The van der Waals surface area contributed by atoms with Crippen molar-refractivity contribution in [3.63, 3.8) is 0 Å². The summed E-state index contributed by atoms with van der Waals surface area (Å²) in [6.07, 6.45) is 0. The molecule has 2 aromatic carbocycles. The summed E-state index contributed by atoms with van der Waals surface area (Å²) < 4.78 is 0. The number of carbonyl (C=O) groups excluding carboxylic acids is 1. The second-order valence-electron chi connectivity index (χ2n) is 4.13. The zero-order valence-electron chi connectivity index (χ0n) is 10.8. The zero-order chi connectivity index (χ0) is 15.2. The molecule has 6 nitrogen and oxygen atoms in total. The molecule has 0 aliphatic carbocycles. The molecule has 7 heteroatoms. The lowest BCUT2D eigenvalue weighted by atomic mass is 10.2. The molecule has 0 saturated carbocycles. The lowest BCUT2D eigenvalue weighted by Crippen LogP contribution is -2.24. The van der Waals surface area contributed by atoms with Crippen molar-refractivity contribution in [3.8, 4) is 0 Å². The van der Waals surface area contributed by atoms with Crippen LogP contribution in [0.3, 0.4) is 0 Å². The van der Waals surface area contributed by atoms with E-state index in [9.17, 15) is 14.9 Å². The molecular weight excluding hydrogens is 296 g/mol. The summed E-state index contributed by atoms with van der Waals surface area (Å²) in [7, 11) is 0. The number of nitro benzene ring substituents is 1. The molecule has 2 aromatic rings. The van der Waals surface area contributed by atoms with Crippen LogP contribution in [0.25, 0.3) is 0 Å². The smallest absolute Gasteiger partial charge is 0.269 e. The third-order valence-corrected chi connectivity index (χ3v) is 2.98. The van der Waals surface area contributed by atoms with Gasteiger partial charge in [-0.3, -0.25) is 19.7 Å². The van der Waals surface area contributed by atoms with Gasteiger partial charge in [-0.2, -0.15) is 0 Å². The lowest BCUT2D eigenvalue weighted by molar-refractivity contribution is -0.384. The first-order chi connectivity index (χ1) is 10.1. The number of hydrogen-bond acceptors (Lipinski definition) is 4. The number of rotatable bonds is 5. The molecule has 0 radical (unpaired) electrons. The average molecular weight is 307 g/mol. The summed E-state index contributed by atoms with van der Waals surface area (Å²) in [5, 5.41) is 10.8. The quantitative estimate of drug-likeness (QED) is 0.679. The Morgan fingerprint density at radius 3 is 2.62 bits per heavy atom. The van der Waals surface area contributed by atoms with Crippen LogP contribution >= 0.6 is 11.6 Å². The minimum Gasteiger partial charge on any atom is -0.269 e. The van der Waals surface area contributed by atoms with Gasteiger partial charge < -0.3 is 0 Å². The van der Waals surface area contributed by atoms with E-state index in [0.29, 0.717) is 0 Å². The van der Waals surface area contributed by atoms with Gasteiger partial charge in [-0.1, -0.05) is 41.9 Å². The lowest BCUT2D eigenvalue weighted by Gasteiger charge is -2.07. The van der Waals surface area contributed by atoms with Gasteiger partial charge in [0, 0.05) is 12.1 Å². The topological polar surface area (TPSA) is 81.5 Å². The molecule has 0 atom stereocenters. The number of nitrogens with zero attached hydrogens (tertiary/aromatic N) is 1. The van der Waals surface area contributed by atoms with Gasteiger partial charge in [-0.25, -0.2) is 5.48 Å². The van der Waals surface area contributed by atoms with Crippen LogP contribution in [0.5, 0.6) is 0 Å². The molecule has 0 bridgehead atoms. The van der Waals surface area contributed by atoms with Gasteiger partial charge in [0.05, 0.1) is 22.1 Å². The number of carbonyl (C=O) groups is 1. The molecule has 0 unspecified atom stereocenters. The second-order valence-corrected chi connectivity index (χ2v) is 4.53. The summed E-state index contributed by atoms with van der Waals surface area (Å²) in [5.74, 6) is -0.639. The molecule has 21 heavy (non-hydrogen) atoms. The number of hydrogen-bond donors (Lipinski definition) is 1. The normalized spacial score (nSPS) is 10.1. The van der Waals surface area contributed by atoms with E-state index in [1.807, 2.05) is 30.3 Å². The van der Waals surface area contributed by atoms with E-state index >= 15 is 0 Å². The van der Waals surface area contributed by atoms with Crippen molar-refractivity contribution < 1.29 is 14.6 Å². The molecule has 0 aliphatic heterocycles. The molecule has 1 amide bonds. The summed E-state index contributed by atoms with van der Waals surface area (Å²) in [5.41, 5.74) is 2.86. The molecule has 2 rings (SSSR count). The Kier molecular flexibility index (Phi) is 4.86. The first-order valence-corrected chi connectivity index (χ1v) is 6.35. The van der Waals surface area contributed by atoms with E-state index in [4.69, 9.17) is 16.4 Å². The molecule has 0 heterocycles. The fourth-order valence-corrected chi connectivity index (χ4v) is 1.82. The van der Waals surface area contributed by atoms with Gasteiger partial charge >= 0.3 is 0 Å². The summed E-state index contributed by atoms with van der Waals surface area (Å²) in [4.78, 5) is 27.0. The van der Waals surface area contributed by atoms with Crippen LogP contribution in [0.1, 0.15) is 15.9 Å². The standard InChI is InChI=1S/C14H11ClN2O4/c15-13-7-6-11(17(19)20)8-12(13)14(18)16-21-9-10-4-2-1-3-5-10/h1-8H,9H2,(H,16,18). The number of nitrogens with one attached hydrogen (secondary N) is 1. The number of halogens is 1. The maximum absolute atomic E-state index is 11.9. The zero-order valence-corrected chi connectivity index (χ0v) is 11.5. The van der Waals surface area contributed by atoms with Gasteiger partial charge in [0.2, 0.25) is 0 Å². The highest BCUT2D eigenvalue weighted by Crippen LogP contribution is 2.21. The van der Waals surface area contributed by atoms with Gasteiger partial charge in [-0.15, -0.1) is 0 Å². The molecule has 0 saturated heterocycles. The maximum Gasteiger partial charge on any atom is 0.276 e. The molecule has 0 spiro atoms. The van der Waals surface area contributed by atoms with Crippen molar-refractivity contribution in [2.45, 2.75) is 6.61 Å². The molecule has 0 aliphatic rings. The number of nitro groups is 1. The van der Waals surface area contributed by atoms with Crippen molar-refractivity contribution in [1.82, 2.24) is 5.48 Å². The average Bonchev–Trinajstić information content (AvgIpc) is 2.48. The first kappa shape index (κ1) is 15.0. The van der Waals surface area contributed by atoms with Crippen LogP contribution in [0.15, 0.2) is 48.5 Å². The largest absolute Gasteiger partial charge is 0.276 e. The Hall–Kier alpha value is -2.44. The van der Waals surface area contributed by atoms with E-state index in [2.05, 4.69) is 5.48 Å². The van der Waals surface area contributed by atoms with Crippen LogP contribution in [-0.2, 0) is 11.4 Å². The first-order valence-electron chi connectivity index (χ1n) is 5.98. The Bertz CT molecular complexity index is 661. The maximum atomic E-state index is 11.9. The third-order valence-electron chi connectivity index (χ3n) is 2.65. The van der Waals surface area contributed by atoms with Crippen LogP contribution in [0, 0.1) is 10.1 Å². The van der Waals surface area contributed by atoms with Crippen LogP contribution in [0.4, 0.5) is 5.69 Å². The summed E-state index contributed by atoms with van der Waals surface area (Å²) in [6.45, 7) is 0.180.